The molecule has 126 valence electrons. The standard InChI is InChI=1S/C19H21NO4/c1-23-17-12-10-15(11-13-17)8-5-9-18(20-22)19(21)24-14-16-6-3-2-4-7-16/h2-4,6-7,10-13,22H,5,8-9,14H2,1H3. The second kappa shape index (κ2) is 9.35. The molecule has 0 aliphatic carbocycles. The normalized spacial score (nSPS) is 11.1. The van der Waals surface area contributed by atoms with Gasteiger partial charge >= 0.3 is 5.97 Å². The Morgan fingerprint density at radius 2 is 1.75 bits per heavy atom. The van der Waals surface area contributed by atoms with Gasteiger partial charge in [0.05, 0.1) is 7.11 Å². The number of aryl methyl sites for hydroxylation is 1. The summed E-state index contributed by atoms with van der Waals surface area (Å²) in [5, 5.41) is 12.1. The molecular weight excluding hydrogens is 306 g/mol. The van der Waals surface area contributed by atoms with Gasteiger partial charge in [-0.2, -0.15) is 0 Å². The number of esters is 1. The summed E-state index contributed by atoms with van der Waals surface area (Å²) in [7, 11) is 1.63. The van der Waals surface area contributed by atoms with Crippen molar-refractivity contribution in [1.82, 2.24) is 0 Å². The van der Waals surface area contributed by atoms with Gasteiger partial charge in [-0.3, -0.25) is 0 Å². The van der Waals surface area contributed by atoms with E-state index in [9.17, 15) is 4.79 Å². The highest BCUT2D eigenvalue weighted by atomic mass is 16.5. The SMILES string of the molecule is COc1ccc(CCCC(=NO)C(=O)OCc2ccccc2)cc1. The van der Waals surface area contributed by atoms with E-state index in [1.165, 1.54) is 0 Å². The number of hydrogen-bond acceptors (Lipinski definition) is 5. The summed E-state index contributed by atoms with van der Waals surface area (Å²) in [4.78, 5) is 11.9. The van der Waals surface area contributed by atoms with Crippen LogP contribution in [0.5, 0.6) is 5.75 Å². The Bertz CT molecular complexity index is 666. The van der Waals surface area contributed by atoms with Crippen LogP contribution in [-0.2, 0) is 22.6 Å². The quantitative estimate of drug-likeness (QED) is 0.348. The Labute approximate surface area is 141 Å². The molecule has 0 spiro atoms. The van der Waals surface area contributed by atoms with Crippen LogP contribution in [0.4, 0.5) is 0 Å². The highest BCUT2D eigenvalue weighted by molar-refractivity contribution is 6.36. The zero-order chi connectivity index (χ0) is 17.2. The summed E-state index contributed by atoms with van der Waals surface area (Å²) in [6.07, 6.45) is 1.82. The van der Waals surface area contributed by atoms with Crippen molar-refractivity contribution in [2.24, 2.45) is 5.16 Å². The van der Waals surface area contributed by atoms with Gasteiger partial charge in [0.1, 0.15) is 12.4 Å². The number of rotatable bonds is 8. The van der Waals surface area contributed by atoms with E-state index in [4.69, 9.17) is 14.7 Å². The molecule has 0 unspecified atom stereocenters. The average molecular weight is 327 g/mol. The van der Waals surface area contributed by atoms with Crippen LogP contribution in [0.15, 0.2) is 59.8 Å². The molecule has 0 aromatic heterocycles. The van der Waals surface area contributed by atoms with Crippen molar-refractivity contribution in [3.63, 3.8) is 0 Å². The minimum atomic E-state index is -0.587. The van der Waals surface area contributed by atoms with Crippen LogP contribution >= 0.6 is 0 Å². The number of oxime groups is 1. The molecule has 0 saturated heterocycles. The largest absolute Gasteiger partial charge is 0.497 e. The number of carbonyl (C=O) groups excluding carboxylic acids is 1. The van der Waals surface area contributed by atoms with Gasteiger partial charge in [-0.15, -0.1) is 0 Å². The minimum absolute atomic E-state index is 0.0412. The number of methoxy groups -OCH3 is 1. The van der Waals surface area contributed by atoms with Crippen molar-refractivity contribution in [2.75, 3.05) is 7.11 Å². The van der Waals surface area contributed by atoms with Crippen molar-refractivity contribution in [3.05, 3.63) is 65.7 Å². The van der Waals surface area contributed by atoms with Crippen LogP contribution in [0.25, 0.3) is 0 Å². The fraction of sp³-hybridized carbons (Fsp3) is 0.263. The van der Waals surface area contributed by atoms with Crippen LogP contribution in [0, 0.1) is 0 Å². The number of nitrogens with zero attached hydrogens (tertiary/aromatic N) is 1. The number of benzene rings is 2. The average Bonchev–Trinajstić information content (AvgIpc) is 2.64. The Morgan fingerprint density at radius 1 is 1.04 bits per heavy atom. The molecule has 5 nitrogen and oxygen atoms in total. The molecule has 2 rings (SSSR count). The number of carbonyl (C=O) groups is 1. The summed E-state index contributed by atoms with van der Waals surface area (Å²) in [5.41, 5.74) is 2.06. The lowest BCUT2D eigenvalue weighted by Gasteiger charge is -2.07. The van der Waals surface area contributed by atoms with Gasteiger partial charge in [0.2, 0.25) is 0 Å². The fourth-order valence-electron chi connectivity index (χ4n) is 2.25. The van der Waals surface area contributed by atoms with E-state index < -0.39 is 5.97 Å². The van der Waals surface area contributed by atoms with Crippen molar-refractivity contribution < 1.29 is 19.5 Å². The molecule has 2 aromatic carbocycles. The Hall–Kier alpha value is -2.82. The summed E-state index contributed by atoms with van der Waals surface area (Å²) >= 11 is 0. The molecule has 0 amide bonds. The third kappa shape index (κ3) is 5.43. The second-order valence-corrected chi connectivity index (χ2v) is 5.31. The number of ether oxygens (including phenoxy) is 2. The molecule has 1 N–H and O–H groups in total. The van der Waals surface area contributed by atoms with Crippen LogP contribution in [0.2, 0.25) is 0 Å². The Balaban J connectivity index is 1.77. The maximum Gasteiger partial charge on any atom is 0.356 e. The molecule has 0 saturated carbocycles. The van der Waals surface area contributed by atoms with Gasteiger partial charge in [-0.25, -0.2) is 4.79 Å². The predicted octanol–water partition coefficient (Wildman–Crippen LogP) is 3.59. The van der Waals surface area contributed by atoms with Crippen LogP contribution in [0.1, 0.15) is 24.0 Å². The third-order valence-electron chi connectivity index (χ3n) is 3.61. The highest BCUT2D eigenvalue weighted by Crippen LogP contribution is 2.13. The lowest BCUT2D eigenvalue weighted by Crippen LogP contribution is -2.18. The lowest BCUT2D eigenvalue weighted by atomic mass is 10.1. The first kappa shape index (κ1) is 17.5. The van der Waals surface area contributed by atoms with Crippen LogP contribution in [0.3, 0.4) is 0 Å². The minimum Gasteiger partial charge on any atom is -0.497 e. The molecule has 5 heteroatoms. The topological polar surface area (TPSA) is 68.1 Å². The first-order chi connectivity index (χ1) is 11.7. The Morgan fingerprint density at radius 3 is 2.38 bits per heavy atom. The summed E-state index contributed by atoms with van der Waals surface area (Å²) in [6.45, 7) is 0.164. The van der Waals surface area contributed by atoms with E-state index in [-0.39, 0.29) is 12.3 Å². The molecule has 2 aromatic rings. The zero-order valence-electron chi connectivity index (χ0n) is 13.6. The first-order valence-corrected chi connectivity index (χ1v) is 7.78. The van der Waals surface area contributed by atoms with Crippen molar-refractivity contribution >= 4 is 11.7 Å². The summed E-state index contributed by atoms with van der Waals surface area (Å²) in [6, 6.07) is 17.1. The molecule has 0 aliphatic rings. The molecule has 0 aliphatic heterocycles. The van der Waals surface area contributed by atoms with Gasteiger partial charge in [-0.1, -0.05) is 47.6 Å². The van der Waals surface area contributed by atoms with E-state index in [2.05, 4.69) is 5.16 Å². The fourth-order valence-corrected chi connectivity index (χ4v) is 2.25. The van der Waals surface area contributed by atoms with E-state index in [0.717, 1.165) is 23.3 Å². The van der Waals surface area contributed by atoms with Gasteiger partial charge in [0, 0.05) is 6.42 Å². The lowest BCUT2D eigenvalue weighted by molar-refractivity contribution is -0.137. The molecule has 0 bridgehead atoms. The summed E-state index contributed by atoms with van der Waals surface area (Å²) < 4.78 is 10.3. The zero-order valence-corrected chi connectivity index (χ0v) is 13.6. The maximum absolute atomic E-state index is 11.9. The number of hydrogen-bond donors (Lipinski definition) is 1. The van der Waals surface area contributed by atoms with E-state index in [1.54, 1.807) is 7.11 Å². The second-order valence-electron chi connectivity index (χ2n) is 5.31. The van der Waals surface area contributed by atoms with Gasteiger partial charge in [0.15, 0.2) is 5.71 Å². The summed E-state index contributed by atoms with van der Waals surface area (Å²) in [5.74, 6) is 0.219. The maximum atomic E-state index is 11.9. The van der Waals surface area contributed by atoms with Gasteiger partial charge in [0.25, 0.3) is 0 Å². The van der Waals surface area contributed by atoms with Crippen LogP contribution < -0.4 is 4.74 Å². The first-order valence-electron chi connectivity index (χ1n) is 7.78. The van der Waals surface area contributed by atoms with Gasteiger partial charge < -0.3 is 14.7 Å². The van der Waals surface area contributed by atoms with Crippen molar-refractivity contribution in [2.45, 2.75) is 25.9 Å². The predicted molar refractivity (Wildman–Crippen MR) is 91.4 cm³/mol. The monoisotopic (exact) mass is 327 g/mol. The molecule has 0 fully saturated rings. The Kier molecular flexibility index (Phi) is 6.83. The van der Waals surface area contributed by atoms with Crippen molar-refractivity contribution in [1.29, 1.82) is 0 Å². The molecule has 24 heavy (non-hydrogen) atoms. The molecule has 0 atom stereocenters. The molecule has 0 radical (unpaired) electrons. The van der Waals surface area contributed by atoms with E-state index >= 15 is 0 Å². The van der Waals surface area contributed by atoms with Crippen LogP contribution in [-0.4, -0.2) is 24.0 Å². The smallest absolute Gasteiger partial charge is 0.356 e. The third-order valence-corrected chi connectivity index (χ3v) is 3.61. The van der Waals surface area contributed by atoms with Gasteiger partial charge in [-0.05, 0) is 36.1 Å². The van der Waals surface area contributed by atoms with Crippen molar-refractivity contribution in [3.8, 4) is 5.75 Å². The van der Waals surface area contributed by atoms with E-state index in [1.807, 2.05) is 54.6 Å². The molecule has 0 heterocycles. The van der Waals surface area contributed by atoms with E-state index in [0.29, 0.717) is 12.8 Å². The highest BCUT2D eigenvalue weighted by Gasteiger charge is 2.14. The molecular formula is C19H21NO4.